The van der Waals surface area contributed by atoms with Gasteiger partial charge in [-0.05, 0) is 0 Å². The fraction of sp³-hybridized carbons (Fsp3) is 0.750. The van der Waals surface area contributed by atoms with Crippen LogP contribution in [0.15, 0.2) is 0 Å². The maximum Gasteiger partial charge on any atom is 0.328 e. The lowest BCUT2D eigenvalue weighted by Gasteiger charge is -2.12. The van der Waals surface area contributed by atoms with Crippen LogP contribution in [-0.2, 0) is 28.2 Å². The molecular formula is C8H17NO10P2. The molecule has 6 N–H and O–H groups in total. The van der Waals surface area contributed by atoms with Crippen LogP contribution in [0.5, 0.6) is 0 Å². The molecule has 0 rings (SSSR count). The quantitative estimate of drug-likeness (QED) is 0.231. The molecule has 0 aromatic heterocycles. The first-order chi connectivity index (χ1) is 9.41. The normalized spacial score (nSPS) is 13.6. The van der Waals surface area contributed by atoms with Crippen LogP contribution in [0.2, 0.25) is 0 Å². The van der Waals surface area contributed by atoms with Crippen molar-refractivity contribution in [1.29, 1.82) is 0 Å². The van der Waals surface area contributed by atoms with Gasteiger partial charge in [0, 0.05) is 0 Å². The lowest BCUT2D eigenvalue weighted by Crippen LogP contribution is -2.35. The zero-order chi connectivity index (χ0) is 16.7. The van der Waals surface area contributed by atoms with Crippen LogP contribution in [0.25, 0.3) is 0 Å². The number of carbonyl (C=O) groups is 2. The molecule has 0 heterocycles. The Balaban J connectivity index is 3.98. The molecule has 0 saturated carbocycles. The van der Waals surface area contributed by atoms with E-state index in [-0.39, 0.29) is 0 Å². The Kier molecular flexibility index (Phi) is 8.27. The summed E-state index contributed by atoms with van der Waals surface area (Å²) in [6.45, 7) is -1.08. The van der Waals surface area contributed by atoms with Crippen LogP contribution in [0.1, 0.15) is 6.42 Å². The van der Waals surface area contributed by atoms with Gasteiger partial charge in [0.2, 0.25) is 0 Å². The fourth-order valence-electron chi connectivity index (χ4n) is 0.972. The standard InChI is InChI=1S/C8H17NO10P2/c9-6(8(11)19-2-4-21(15,16)17)5-7(10)18-1-3-20(12,13)14/h6H,1-5,9H2,(H2,12,13,14)(H2,15,16,17)/t6-/m0/s1. The Bertz CT molecular complexity index is 454. The third-order valence-corrected chi connectivity index (χ3v) is 3.49. The van der Waals surface area contributed by atoms with E-state index >= 15 is 0 Å². The number of nitrogens with two attached hydrogens (primary N) is 1. The predicted octanol–water partition coefficient (Wildman–Crippen LogP) is -1.85. The lowest BCUT2D eigenvalue weighted by atomic mass is 10.2. The zero-order valence-electron chi connectivity index (χ0n) is 10.8. The van der Waals surface area contributed by atoms with Crippen molar-refractivity contribution in [3.05, 3.63) is 0 Å². The maximum atomic E-state index is 11.3. The van der Waals surface area contributed by atoms with Gasteiger partial charge in [0.15, 0.2) is 0 Å². The number of rotatable bonds is 9. The van der Waals surface area contributed by atoms with Crippen molar-refractivity contribution in [3.63, 3.8) is 0 Å². The third-order valence-electron chi connectivity index (χ3n) is 1.96. The smallest absolute Gasteiger partial charge is 0.328 e. The summed E-state index contributed by atoms with van der Waals surface area (Å²) >= 11 is 0. The van der Waals surface area contributed by atoms with E-state index in [1.807, 2.05) is 0 Å². The SMILES string of the molecule is N[C@@H](CC(=O)OCCP(=O)(O)O)C(=O)OCCP(=O)(O)O. The topological polar surface area (TPSA) is 194 Å². The van der Waals surface area contributed by atoms with E-state index in [1.54, 1.807) is 0 Å². The maximum absolute atomic E-state index is 11.3. The highest BCUT2D eigenvalue weighted by Gasteiger charge is 2.22. The van der Waals surface area contributed by atoms with Crippen molar-refractivity contribution >= 4 is 27.1 Å². The van der Waals surface area contributed by atoms with Gasteiger partial charge in [-0.15, -0.1) is 0 Å². The Morgan fingerprint density at radius 1 is 0.952 bits per heavy atom. The molecule has 0 aliphatic carbocycles. The number of hydrogen-bond acceptors (Lipinski definition) is 7. The Labute approximate surface area is 119 Å². The van der Waals surface area contributed by atoms with Crippen molar-refractivity contribution < 1.29 is 47.8 Å². The molecule has 0 radical (unpaired) electrons. The van der Waals surface area contributed by atoms with Crippen molar-refractivity contribution in [1.82, 2.24) is 0 Å². The Morgan fingerprint density at radius 2 is 1.38 bits per heavy atom. The molecule has 0 aliphatic rings. The van der Waals surface area contributed by atoms with E-state index in [4.69, 9.17) is 25.3 Å². The molecular weight excluding hydrogens is 332 g/mol. The molecule has 0 aliphatic heterocycles. The van der Waals surface area contributed by atoms with Crippen LogP contribution in [0.3, 0.4) is 0 Å². The summed E-state index contributed by atoms with van der Waals surface area (Å²) in [6.07, 6.45) is -1.91. The van der Waals surface area contributed by atoms with Crippen LogP contribution in [-0.4, -0.2) is 63.1 Å². The van der Waals surface area contributed by atoms with E-state index in [2.05, 4.69) is 9.47 Å². The van der Waals surface area contributed by atoms with E-state index in [0.717, 1.165) is 0 Å². The van der Waals surface area contributed by atoms with Gasteiger partial charge in [-0.1, -0.05) is 0 Å². The van der Waals surface area contributed by atoms with Crippen LogP contribution >= 0.6 is 15.2 Å². The number of hydrogen-bond donors (Lipinski definition) is 5. The van der Waals surface area contributed by atoms with Crippen molar-refractivity contribution in [2.45, 2.75) is 12.5 Å². The molecule has 0 amide bonds. The number of carbonyl (C=O) groups excluding carboxylic acids is 2. The van der Waals surface area contributed by atoms with Gasteiger partial charge in [0.1, 0.15) is 19.3 Å². The fourth-order valence-corrected chi connectivity index (χ4v) is 1.63. The van der Waals surface area contributed by atoms with Gasteiger partial charge < -0.3 is 34.8 Å². The molecule has 124 valence electrons. The highest BCUT2D eigenvalue weighted by Crippen LogP contribution is 2.33. The van der Waals surface area contributed by atoms with Gasteiger partial charge in [-0.2, -0.15) is 0 Å². The average molecular weight is 349 g/mol. The molecule has 13 heteroatoms. The monoisotopic (exact) mass is 349 g/mol. The second-order valence-electron chi connectivity index (χ2n) is 3.98. The summed E-state index contributed by atoms with van der Waals surface area (Å²) < 4.78 is 29.9. The molecule has 0 bridgehead atoms. The van der Waals surface area contributed by atoms with Crippen molar-refractivity contribution in [2.24, 2.45) is 5.73 Å². The summed E-state index contributed by atoms with van der Waals surface area (Å²) in [6, 6.07) is -1.40. The molecule has 0 unspecified atom stereocenters. The van der Waals surface area contributed by atoms with E-state index in [9.17, 15) is 18.7 Å². The third kappa shape index (κ3) is 12.6. The second-order valence-corrected chi connectivity index (χ2v) is 7.53. The summed E-state index contributed by atoms with van der Waals surface area (Å²) in [5.41, 5.74) is 5.30. The minimum atomic E-state index is -4.29. The van der Waals surface area contributed by atoms with Crippen LogP contribution < -0.4 is 5.73 Å². The van der Waals surface area contributed by atoms with Gasteiger partial charge in [0.05, 0.1) is 18.7 Å². The first-order valence-electron chi connectivity index (χ1n) is 5.58. The minimum absolute atomic E-state index is 0.525. The molecule has 21 heavy (non-hydrogen) atoms. The minimum Gasteiger partial charge on any atom is -0.465 e. The van der Waals surface area contributed by atoms with Crippen molar-refractivity contribution in [3.8, 4) is 0 Å². The highest BCUT2D eigenvalue weighted by atomic mass is 31.2. The summed E-state index contributed by atoms with van der Waals surface area (Å²) in [4.78, 5) is 56.6. The number of esters is 2. The lowest BCUT2D eigenvalue weighted by molar-refractivity contribution is -0.151. The summed E-state index contributed by atoms with van der Waals surface area (Å²) in [7, 11) is -8.57. The first-order valence-corrected chi connectivity index (χ1v) is 9.17. The Morgan fingerprint density at radius 3 is 1.81 bits per heavy atom. The molecule has 11 nitrogen and oxygen atoms in total. The van der Waals surface area contributed by atoms with Gasteiger partial charge in [-0.25, -0.2) is 0 Å². The summed E-state index contributed by atoms with van der Waals surface area (Å²) in [5.74, 6) is -2.00. The Hall–Kier alpha value is -0.800. The second kappa shape index (κ2) is 8.60. The van der Waals surface area contributed by atoms with E-state index in [0.29, 0.717) is 0 Å². The van der Waals surface area contributed by atoms with Crippen LogP contribution in [0.4, 0.5) is 0 Å². The molecule has 1 atom stereocenters. The molecule has 0 aromatic carbocycles. The van der Waals surface area contributed by atoms with Crippen LogP contribution in [0, 0.1) is 0 Å². The zero-order valence-corrected chi connectivity index (χ0v) is 12.6. The largest absolute Gasteiger partial charge is 0.465 e. The van der Waals surface area contributed by atoms with E-state index < -0.39 is 65.1 Å². The molecule has 0 spiro atoms. The van der Waals surface area contributed by atoms with E-state index in [1.165, 1.54) is 0 Å². The molecule has 0 fully saturated rings. The van der Waals surface area contributed by atoms with Gasteiger partial charge >= 0.3 is 27.1 Å². The predicted molar refractivity (Wildman–Crippen MR) is 68.3 cm³/mol. The number of ether oxygens (including phenoxy) is 2. The first kappa shape index (κ1) is 20.2. The van der Waals surface area contributed by atoms with Gasteiger partial charge in [-0.3, -0.25) is 18.7 Å². The average Bonchev–Trinajstić information content (AvgIpc) is 2.24. The van der Waals surface area contributed by atoms with Gasteiger partial charge in [0.25, 0.3) is 0 Å². The van der Waals surface area contributed by atoms with Crippen molar-refractivity contribution in [2.75, 3.05) is 25.5 Å². The molecule has 0 saturated heterocycles. The molecule has 0 aromatic rings. The highest BCUT2D eigenvalue weighted by molar-refractivity contribution is 7.52. The summed E-state index contributed by atoms with van der Waals surface area (Å²) in [5, 5.41) is 0.